The van der Waals surface area contributed by atoms with Crippen molar-refractivity contribution >= 4 is 71.8 Å². The fourth-order valence-electron chi connectivity index (χ4n) is 4.02. The van der Waals surface area contributed by atoms with E-state index in [-0.39, 0.29) is 11.7 Å². The highest BCUT2D eigenvalue weighted by atomic mass is 79.9. The van der Waals surface area contributed by atoms with Crippen molar-refractivity contribution in [3.05, 3.63) is 104 Å². The zero-order chi connectivity index (χ0) is 25.2. The molecule has 1 N–H and O–H groups in total. The van der Waals surface area contributed by atoms with E-state index >= 15 is 0 Å². The molecule has 5 rings (SSSR count). The van der Waals surface area contributed by atoms with Crippen LogP contribution in [0, 0.1) is 0 Å². The second kappa shape index (κ2) is 10.1. The number of rotatable bonds is 6. The van der Waals surface area contributed by atoms with Gasteiger partial charge in [0, 0.05) is 39.1 Å². The first-order valence-corrected chi connectivity index (χ1v) is 12.5. The number of hydrogen-bond acceptors (Lipinski definition) is 5. The van der Waals surface area contributed by atoms with Crippen LogP contribution in [0.15, 0.2) is 91.4 Å². The van der Waals surface area contributed by atoms with Crippen molar-refractivity contribution in [1.82, 2.24) is 9.99 Å². The number of nitrogens with zero attached hydrogens (tertiary/aromatic N) is 2. The molecule has 0 bridgehead atoms. The minimum atomic E-state index is -0.450. The summed E-state index contributed by atoms with van der Waals surface area (Å²) in [4.78, 5) is 24.5. The molecule has 0 saturated carbocycles. The Balaban J connectivity index is 1.37. The van der Waals surface area contributed by atoms with E-state index in [0.29, 0.717) is 17.7 Å². The third-order valence-electron chi connectivity index (χ3n) is 5.65. The predicted molar refractivity (Wildman–Crippen MR) is 145 cm³/mol. The minimum absolute atomic E-state index is 0.161. The lowest BCUT2D eigenvalue weighted by Gasteiger charge is -2.07. The van der Waals surface area contributed by atoms with Gasteiger partial charge in [0.1, 0.15) is 5.58 Å². The number of ether oxygens (including phenoxy) is 1. The monoisotopic (exact) mass is 607 g/mol. The van der Waals surface area contributed by atoms with Crippen LogP contribution < -0.4 is 5.43 Å². The average molecular weight is 609 g/mol. The summed E-state index contributed by atoms with van der Waals surface area (Å²) >= 11 is 6.88. The molecule has 5 aromatic rings. The number of amides is 1. The van der Waals surface area contributed by atoms with Crippen LogP contribution in [0.3, 0.4) is 0 Å². The molecule has 0 aliphatic rings. The molecule has 0 spiro atoms. The van der Waals surface area contributed by atoms with E-state index in [0.717, 1.165) is 36.4 Å². The standard InChI is InChI=1S/C27H19Br2N3O4/c1-35-27(34)17-6-4-5-16(9-17)14-32-15-19(21-7-2-3-8-23(21)32)13-30-31-26(33)24-11-18-10-20(28)12-22(29)25(18)36-24/h2-13,15H,14H2,1H3,(H,31,33)/b30-13-. The van der Waals surface area contributed by atoms with Crippen molar-refractivity contribution in [2.45, 2.75) is 6.54 Å². The molecule has 0 saturated heterocycles. The zero-order valence-electron chi connectivity index (χ0n) is 19.0. The van der Waals surface area contributed by atoms with E-state index in [1.807, 2.05) is 60.8 Å². The van der Waals surface area contributed by atoms with E-state index in [4.69, 9.17) is 9.15 Å². The summed E-state index contributed by atoms with van der Waals surface area (Å²) in [6.07, 6.45) is 3.57. The van der Waals surface area contributed by atoms with Gasteiger partial charge in [-0.3, -0.25) is 4.79 Å². The molecular formula is C27H19Br2N3O4. The fourth-order valence-corrected chi connectivity index (χ4v) is 5.36. The van der Waals surface area contributed by atoms with Crippen molar-refractivity contribution in [2.75, 3.05) is 7.11 Å². The molecule has 2 heterocycles. The summed E-state index contributed by atoms with van der Waals surface area (Å²) in [5, 5.41) is 5.95. The van der Waals surface area contributed by atoms with E-state index in [9.17, 15) is 9.59 Å². The lowest BCUT2D eigenvalue weighted by Crippen LogP contribution is -2.16. The number of benzene rings is 3. The Labute approximate surface area is 223 Å². The van der Waals surface area contributed by atoms with E-state index in [1.165, 1.54) is 7.11 Å². The highest BCUT2D eigenvalue weighted by molar-refractivity contribution is 9.11. The van der Waals surface area contributed by atoms with E-state index in [1.54, 1.807) is 18.3 Å². The number of carbonyl (C=O) groups excluding carboxylic acids is 2. The largest absolute Gasteiger partial charge is 0.465 e. The van der Waals surface area contributed by atoms with Crippen LogP contribution in [0.4, 0.5) is 0 Å². The Kier molecular flexibility index (Phi) is 6.75. The molecule has 0 radical (unpaired) electrons. The molecule has 0 aliphatic carbocycles. The van der Waals surface area contributed by atoms with Crippen LogP contribution in [0.2, 0.25) is 0 Å². The highest BCUT2D eigenvalue weighted by Crippen LogP contribution is 2.31. The predicted octanol–water partition coefficient (Wildman–Crippen LogP) is 6.51. The van der Waals surface area contributed by atoms with Crippen LogP contribution in [-0.4, -0.2) is 29.8 Å². The molecule has 180 valence electrons. The average Bonchev–Trinajstić information content (AvgIpc) is 3.46. The maximum atomic E-state index is 12.6. The smallest absolute Gasteiger partial charge is 0.337 e. The molecular weight excluding hydrogens is 590 g/mol. The van der Waals surface area contributed by atoms with Gasteiger partial charge in [-0.25, -0.2) is 10.2 Å². The van der Waals surface area contributed by atoms with Crippen LogP contribution in [0.1, 0.15) is 32.0 Å². The summed E-state index contributed by atoms with van der Waals surface area (Å²) in [6.45, 7) is 0.551. The van der Waals surface area contributed by atoms with E-state index in [2.05, 4.69) is 47.0 Å². The van der Waals surface area contributed by atoms with Gasteiger partial charge in [0.25, 0.3) is 0 Å². The van der Waals surface area contributed by atoms with Crippen LogP contribution in [0.25, 0.3) is 21.9 Å². The number of hydrogen-bond donors (Lipinski definition) is 1. The number of halogens is 2. The Morgan fingerprint density at radius 2 is 1.92 bits per heavy atom. The molecule has 0 unspecified atom stereocenters. The molecule has 1 amide bonds. The van der Waals surface area contributed by atoms with Gasteiger partial charge in [0.05, 0.1) is 23.4 Å². The second-order valence-electron chi connectivity index (χ2n) is 8.04. The summed E-state index contributed by atoms with van der Waals surface area (Å²) in [7, 11) is 1.37. The normalized spacial score (nSPS) is 11.4. The molecule has 0 fully saturated rings. The second-order valence-corrected chi connectivity index (χ2v) is 9.81. The number of carbonyl (C=O) groups is 2. The number of furan rings is 1. The lowest BCUT2D eigenvalue weighted by atomic mass is 10.1. The van der Waals surface area contributed by atoms with Gasteiger partial charge in [0.2, 0.25) is 0 Å². The molecule has 7 nitrogen and oxygen atoms in total. The SMILES string of the molecule is COC(=O)c1cccc(Cn2cc(/C=N\NC(=O)c3cc4cc(Br)cc(Br)c4o3)c3ccccc32)c1. The van der Waals surface area contributed by atoms with Crippen LogP contribution in [0.5, 0.6) is 0 Å². The Morgan fingerprint density at radius 1 is 1.08 bits per heavy atom. The molecule has 2 aromatic heterocycles. The third-order valence-corrected chi connectivity index (χ3v) is 6.70. The first kappa shape index (κ1) is 24.0. The maximum Gasteiger partial charge on any atom is 0.337 e. The van der Waals surface area contributed by atoms with Gasteiger partial charge in [-0.05, 0) is 57.9 Å². The summed E-state index contributed by atoms with van der Waals surface area (Å²) in [6, 6.07) is 20.7. The number of methoxy groups -OCH3 is 1. The van der Waals surface area contributed by atoms with Gasteiger partial charge < -0.3 is 13.7 Å². The number of para-hydroxylation sites is 1. The minimum Gasteiger partial charge on any atom is -0.465 e. The fraction of sp³-hybridized carbons (Fsp3) is 0.0741. The highest BCUT2D eigenvalue weighted by Gasteiger charge is 2.15. The van der Waals surface area contributed by atoms with Crippen molar-refractivity contribution in [3.8, 4) is 0 Å². The maximum absolute atomic E-state index is 12.6. The Hall–Kier alpha value is -3.69. The first-order valence-electron chi connectivity index (χ1n) is 10.9. The van der Waals surface area contributed by atoms with E-state index < -0.39 is 5.91 Å². The quantitative estimate of drug-likeness (QED) is 0.135. The van der Waals surface area contributed by atoms with Gasteiger partial charge >= 0.3 is 11.9 Å². The Morgan fingerprint density at radius 3 is 2.75 bits per heavy atom. The number of esters is 1. The summed E-state index contributed by atoms with van der Waals surface area (Å²) in [5.74, 6) is -0.662. The topological polar surface area (TPSA) is 85.8 Å². The van der Waals surface area contributed by atoms with Gasteiger partial charge in [-0.2, -0.15) is 5.10 Å². The molecule has 9 heteroatoms. The van der Waals surface area contributed by atoms with Crippen molar-refractivity contribution < 1.29 is 18.7 Å². The molecule has 0 aliphatic heterocycles. The van der Waals surface area contributed by atoms with Gasteiger partial charge in [-0.15, -0.1) is 0 Å². The van der Waals surface area contributed by atoms with Gasteiger partial charge in [-0.1, -0.05) is 46.3 Å². The molecule has 36 heavy (non-hydrogen) atoms. The Bertz CT molecular complexity index is 1650. The third kappa shape index (κ3) is 4.84. The van der Waals surface area contributed by atoms with Gasteiger partial charge in [0.15, 0.2) is 5.76 Å². The number of fused-ring (bicyclic) bond motifs is 2. The lowest BCUT2D eigenvalue weighted by molar-refractivity contribution is 0.0600. The number of nitrogens with one attached hydrogen (secondary N) is 1. The number of aromatic nitrogens is 1. The first-order chi connectivity index (χ1) is 17.4. The number of hydrazone groups is 1. The van der Waals surface area contributed by atoms with Crippen molar-refractivity contribution in [2.24, 2.45) is 5.10 Å². The summed E-state index contributed by atoms with van der Waals surface area (Å²) < 4.78 is 14.2. The van der Waals surface area contributed by atoms with Crippen molar-refractivity contribution in [3.63, 3.8) is 0 Å². The summed E-state index contributed by atoms with van der Waals surface area (Å²) in [5.41, 5.74) is 6.43. The zero-order valence-corrected chi connectivity index (χ0v) is 22.2. The van der Waals surface area contributed by atoms with Crippen LogP contribution >= 0.6 is 31.9 Å². The van der Waals surface area contributed by atoms with Crippen molar-refractivity contribution in [1.29, 1.82) is 0 Å². The molecule has 0 atom stereocenters. The van der Waals surface area contributed by atoms with Crippen LogP contribution in [-0.2, 0) is 11.3 Å². The molecule has 3 aromatic carbocycles.